The fourth-order valence-corrected chi connectivity index (χ4v) is 2.81. The molecule has 1 N–H and O–H groups in total. The lowest BCUT2D eigenvalue weighted by molar-refractivity contribution is 0.155. The number of carbonyl (C=O) groups is 2. The van der Waals surface area contributed by atoms with Crippen LogP contribution in [-0.4, -0.2) is 49.2 Å². The van der Waals surface area contributed by atoms with Crippen LogP contribution >= 0.6 is 0 Å². The smallest absolute Gasteiger partial charge is 0.328 e. The van der Waals surface area contributed by atoms with Crippen molar-refractivity contribution in [3.63, 3.8) is 0 Å². The number of imide groups is 1. The van der Waals surface area contributed by atoms with E-state index < -0.39 is 0 Å². The Balaban J connectivity index is 1.83. The minimum atomic E-state index is -0.383. The number of hydrogen-bond donors (Lipinski definition) is 1. The first-order valence-corrected chi connectivity index (χ1v) is 8.20. The largest absolute Gasteiger partial charge is 0.493 e. The molecule has 1 saturated heterocycles. The Labute approximate surface area is 151 Å². The molecule has 0 bridgehead atoms. The molecule has 1 aliphatic rings. The molecule has 1 aromatic carbocycles. The van der Waals surface area contributed by atoms with Crippen LogP contribution in [0.4, 0.5) is 9.59 Å². The summed E-state index contributed by atoms with van der Waals surface area (Å²) in [5.41, 5.74) is 0.849. The summed E-state index contributed by atoms with van der Waals surface area (Å²) < 4.78 is 15.9. The van der Waals surface area contributed by atoms with Gasteiger partial charge < -0.3 is 24.1 Å². The van der Waals surface area contributed by atoms with Crippen molar-refractivity contribution in [3.8, 4) is 11.5 Å². The van der Waals surface area contributed by atoms with E-state index in [1.807, 2.05) is 12.1 Å². The van der Waals surface area contributed by atoms with Crippen LogP contribution in [0.3, 0.4) is 0 Å². The first-order valence-electron chi connectivity index (χ1n) is 8.20. The fraction of sp³-hybridized carbons (Fsp3) is 0.333. The van der Waals surface area contributed by atoms with Crippen molar-refractivity contribution >= 4 is 12.1 Å². The van der Waals surface area contributed by atoms with Crippen LogP contribution in [0.5, 0.6) is 11.5 Å². The van der Waals surface area contributed by atoms with Crippen molar-refractivity contribution in [1.29, 1.82) is 0 Å². The highest BCUT2D eigenvalue weighted by Crippen LogP contribution is 2.28. The molecule has 3 rings (SSSR count). The van der Waals surface area contributed by atoms with Crippen LogP contribution in [-0.2, 0) is 13.1 Å². The van der Waals surface area contributed by atoms with Gasteiger partial charge in [-0.05, 0) is 29.8 Å². The van der Waals surface area contributed by atoms with Gasteiger partial charge in [0.15, 0.2) is 11.5 Å². The number of furan rings is 1. The number of rotatable bonds is 6. The van der Waals surface area contributed by atoms with Gasteiger partial charge in [0.2, 0.25) is 0 Å². The summed E-state index contributed by atoms with van der Waals surface area (Å²) in [7, 11) is 3.12. The number of urea groups is 2. The summed E-state index contributed by atoms with van der Waals surface area (Å²) in [5.74, 6) is 1.83. The predicted molar refractivity (Wildman–Crippen MR) is 93.0 cm³/mol. The molecule has 26 heavy (non-hydrogen) atoms. The van der Waals surface area contributed by atoms with E-state index in [0.29, 0.717) is 36.9 Å². The van der Waals surface area contributed by atoms with E-state index in [1.54, 1.807) is 43.6 Å². The Kier molecular flexibility index (Phi) is 5.31. The third-order valence-corrected chi connectivity index (χ3v) is 4.11. The first-order chi connectivity index (χ1) is 12.6. The van der Waals surface area contributed by atoms with E-state index in [1.165, 1.54) is 4.90 Å². The third kappa shape index (κ3) is 3.74. The second kappa shape index (κ2) is 7.81. The summed E-state index contributed by atoms with van der Waals surface area (Å²) in [6.45, 7) is 1.35. The van der Waals surface area contributed by atoms with Crippen LogP contribution < -0.4 is 14.8 Å². The van der Waals surface area contributed by atoms with Crippen molar-refractivity contribution in [1.82, 2.24) is 15.1 Å². The molecule has 0 atom stereocenters. The fourth-order valence-electron chi connectivity index (χ4n) is 2.81. The minimum Gasteiger partial charge on any atom is -0.493 e. The Hall–Kier alpha value is -3.16. The summed E-state index contributed by atoms with van der Waals surface area (Å²) in [5, 5.41) is 2.64. The zero-order valence-electron chi connectivity index (χ0n) is 14.7. The Morgan fingerprint density at radius 1 is 1.23 bits per heavy atom. The SMILES string of the molecule is COc1ccc(CN(Cc2ccco2)C(=O)N2CCNC2=O)cc1OC. The van der Waals surface area contributed by atoms with Crippen molar-refractivity contribution in [3.05, 3.63) is 47.9 Å². The van der Waals surface area contributed by atoms with E-state index in [2.05, 4.69) is 5.32 Å². The predicted octanol–water partition coefficient (Wildman–Crippen LogP) is 2.44. The van der Waals surface area contributed by atoms with Crippen LogP contribution in [0, 0.1) is 0 Å². The lowest BCUT2D eigenvalue weighted by Gasteiger charge is -2.26. The maximum Gasteiger partial charge on any atom is 0.328 e. The molecular formula is C18H21N3O5. The molecule has 0 spiro atoms. The molecule has 1 fully saturated rings. The molecule has 1 aliphatic heterocycles. The molecule has 4 amide bonds. The average Bonchev–Trinajstić information content (AvgIpc) is 3.32. The topological polar surface area (TPSA) is 84.3 Å². The van der Waals surface area contributed by atoms with Gasteiger partial charge in [-0.25, -0.2) is 14.5 Å². The first kappa shape index (κ1) is 17.7. The van der Waals surface area contributed by atoms with E-state index in [0.717, 1.165) is 5.56 Å². The van der Waals surface area contributed by atoms with Crippen molar-refractivity contribution in [2.75, 3.05) is 27.3 Å². The highest BCUT2D eigenvalue weighted by atomic mass is 16.5. The lowest BCUT2D eigenvalue weighted by atomic mass is 10.2. The van der Waals surface area contributed by atoms with Crippen LogP contribution in [0.15, 0.2) is 41.0 Å². The number of ether oxygens (including phenoxy) is 2. The van der Waals surface area contributed by atoms with E-state index in [9.17, 15) is 9.59 Å². The van der Waals surface area contributed by atoms with Crippen LogP contribution in [0.1, 0.15) is 11.3 Å². The van der Waals surface area contributed by atoms with Gasteiger partial charge >= 0.3 is 12.1 Å². The molecule has 2 heterocycles. The number of nitrogens with one attached hydrogen (secondary N) is 1. The molecule has 0 aliphatic carbocycles. The van der Waals surface area contributed by atoms with Crippen molar-refractivity contribution in [2.24, 2.45) is 0 Å². The van der Waals surface area contributed by atoms with Gasteiger partial charge in [-0.3, -0.25) is 0 Å². The second-order valence-corrected chi connectivity index (χ2v) is 5.79. The molecular weight excluding hydrogens is 338 g/mol. The number of hydrogen-bond acceptors (Lipinski definition) is 5. The molecule has 1 aromatic heterocycles. The molecule has 8 nitrogen and oxygen atoms in total. The average molecular weight is 359 g/mol. The zero-order valence-corrected chi connectivity index (χ0v) is 14.7. The molecule has 2 aromatic rings. The van der Waals surface area contributed by atoms with Gasteiger partial charge in [-0.1, -0.05) is 6.07 Å². The maximum absolute atomic E-state index is 12.9. The monoisotopic (exact) mass is 359 g/mol. The highest BCUT2D eigenvalue weighted by molar-refractivity contribution is 5.94. The normalized spacial score (nSPS) is 13.5. The van der Waals surface area contributed by atoms with Gasteiger partial charge in [0, 0.05) is 19.6 Å². The van der Waals surface area contributed by atoms with Crippen molar-refractivity contribution in [2.45, 2.75) is 13.1 Å². The summed E-state index contributed by atoms with van der Waals surface area (Å²) in [4.78, 5) is 27.5. The Morgan fingerprint density at radius 2 is 2.04 bits per heavy atom. The number of amides is 4. The minimum absolute atomic E-state index is 0.254. The molecule has 0 radical (unpaired) electrons. The number of carbonyl (C=O) groups excluding carboxylic acids is 2. The standard InChI is InChI=1S/C18H21N3O5/c1-24-15-6-5-13(10-16(15)25-2)11-20(12-14-4-3-9-26-14)18(23)21-8-7-19-17(21)22/h3-6,9-10H,7-8,11-12H2,1-2H3,(H,19,22). The highest BCUT2D eigenvalue weighted by Gasteiger charge is 2.30. The zero-order chi connectivity index (χ0) is 18.5. The number of nitrogens with zero attached hydrogens (tertiary/aromatic N) is 2. The maximum atomic E-state index is 12.9. The quantitative estimate of drug-likeness (QED) is 0.856. The third-order valence-electron chi connectivity index (χ3n) is 4.11. The van der Waals surface area contributed by atoms with E-state index in [-0.39, 0.29) is 18.6 Å². The van der Waals surface area contributed by atoms with Gasteiger partial charge in [0.1, 0.15) is 5.76 Å². The summed E-state index contributed by atoms with van der Waals surface area (Å²) >= 11 is 0. The Morgan fingerprint density at radius 3 is 2.65 bits per heavy atom. The van der Waals surface area contributed by atoms with E-state index >= 15 is 0 Å². The summed E-state index contributed by atoms with van der Waals surface area (Å²) in [6.07, 6.45) is 1.55. The Bertz CT molecular complexity index is 775. The molecule has 0 saturated carbocycles. The van der Waals surface area contributed by atoms with Gasteiger partial charge in [-0.15, -0.1) is 0 Å². The van der Waals surface area contributed by atoms with Gasteiger partial charge in [0.05, 0.1) is 27.0 Å². The number of benzene rings is 1. The van der Waals surface area contributed by atoms with Crippen LogP contribution in [0.25, 0.3) is 0 Å². The van der Waals surface area contributed by atoms with E-state index in [4.69, 9.17) is 13.9 Å². The molecule has 138 valence electrons. The number of methoxy groups -OCH3 is 2. The second-order valence-electron chi connectivity index (χ2n) is 5.79. The molecule has 8 heteroatoms. The lowest BCUT2D eigenvalue weighted by Crippen LogP contribution is -2.44. The van der Waals surface area contributed by atoms with Crippen molar-refractivity contribution < 1.29 is 23.5 Å². The van der Waals surface area contributed by atoms with Gasteiger partial charge in [-0.2, -0.15) is 0 Å². The van der Waals surface area contributed by atoms with Gasteiger partial charge in [0.25, 0.3) is 0 Å². The molecule has 0 unspecified atom stereocenters. The summed E-state index contributed by atoms with van der Waals surface area (Å²) in [6, 6.07) is 8.25. The van der Waals surface area contributed by atoms with Crippen LogP contribution in [0.2, 0.25) is 0 Å².